The topological polar surface area (TPSA) is 67.6 Å². The summed E-state index contributed by atoms with van der Waals surface area (Å²) in [7, 11) is 0. The van der Waals surface area contributed by atoms with E-state index in [2.05, 4.69) is 24.1 Å². The number of aryl methyl sites for hydroxylation is 1. The smallest absolute Gasteiger partial charge is 0.298 e. The molecule has 5 rings (SSSR count). The third-order valence-electron chi connectivity index (χ3n) is 7.79. The van der Waals surface area contributed by atoms with Gasteiger partial charge in [0.25, 0.3) is 11.9 Å². The molecule has 1 aromatic carbocycles. The van der Waals surface area contributed by atoms with E-state index in [0.717, 1.165) is 50.9 Å². The number of hydrogen-bond acceptors (Lipinski definition) is 5. The Hall–Kier alpha value is -2.64. The molecule has 0 spiro atoms. The highest BCUT2D eigenvalue weighted by atomic mass is 19.1. The van der Waals surface area contributed by atoms with Crippen LogP contribution in [0.2, 0.25) is 0 Å². The summed E-state index contributed by atoms with van der Waals surface area (Å²) in [6.45, 7) is 7.91. The normalized spacial score (nSPS) is 24.9. The van der Waals surface area contributed by atoms with E-state index in [4.69, 9.17) is 9.15 Å². The molecule has 8 heteroatoms. The van der Waals surface area contributed by atoms with Gasteiger partial charge in [0.15, 0.2) is 23.1 Å². The fourth-order valence-electron chi connectivity index (χ4n) is 5.34. The Kier molecular flexibility index (Phi) is 5.57. The number of benzene rings is 1. The van der Waals surface area contributed by atoms with Crippen LogP contribution in [0.1, 0.15) is 69.1 Å². The standard InChI is InChI=1S/C25H31F2N3O3/c1-4-20-21(29-24(33-20)30-12-25(5-2,6-3)13-30)23(31)28-16-10-18(26)22(19(27)11-16)32-17-8-14-7-15(14)9-17/h10-11,14-15,17H,4-9,12-13H2,1-3H3,(H,28,31)/t14-,15?,17?/m0/s1. The zero-order valence-electron chi connectivity index (χ0n) is 19.4. The fraction of sp³-hybridized carbons (Fsp3) is 0.600. The first-order valence-corrected chi connectivity index (χ1v) is 12.1. The summed E-state index contributed by atoms with van der Waals surface area (Å²) in [4.78, 5) is 19.3. The molecular weight excluding hydrogens is 428 g/mol. The van der Waals surface area contributed by atoms with Gasteiger partial charge < -0.3 is 19.4 Å². The van der Waals surface area contributed by atoms with Gasteiger partial charge in [0.1, 0.15) is 5.76 Å². The minimum Gasteiger partial charge on any atom is -0.484 e. The molecule has 0 bridgehead atoms. The van der Waals surface area contributed by atoms with E-state index in [0.29, 0.717) is 30.0 Å². The molecule has 33 heavy (non-hydrogen) atoms. The number of ether oxygens (including phenoxy) is 1. The Morgan fingerprint density at radius 3 is 2.36 bits per heavy atom. The maximum Gasteiger partial charge on any atom is 0.298 e. The number of rotatable bonds is 8. The van der Waals surface area contributed by atoms with Gasteiger partial charge in [-0.1, -0.05) is 20.8 Å². The van der Waals surface area contributed by atoms with E-state index in [-0.39, 0.29) is 28.6 Å². The summed E-state index contributed by atoms with van der Waals surface area (Å²) in [5.41, 5.74) is 0.425. The van der Waals surface area contributed by atoms with Crippen LogP contribution in [0.15, 0.2) is 16.5 Å². The molecule has 1 saturated heterocycles. The van der Waals surface area contributed by atoms with E-state index < -0.39 is 17.5 Å². The van der Waals surface area contributed by atoms with Crippen molar-refractivity contribution < 1.29 is 22.7 Å². The Morgan fingerprint density at radius 2 is 1.79 bits per heavy atom. The molecule has 1 aromatic heterocycles. The van der Waals surface area contributed by atoms with E-state index in [1.807, 2.05) is 11.8 Å². The van der Waals surface area contributed by atoms with Crippen molar-refractivity contribution in [2.75, 3.05) is 23.3 Å². The third kappa shape index (κ3) is 4.08. The van der Waals surface area contributed by atoms with Crippen LogP contribution >= 0.6 is 0 Å². The summed E-state index contributed by atoms with van der Waals surface area (Å²) in [5, 5.41) is 2.56. The summed E-state index contributed by atoms with van der Waals surface area (Å²) >= 11 is 0. The van der Waals surface area contributed by atoms with Crippen LogP contribution in [-0.2, 0) is 6.42 Å². The number of amides is 1. The summed E-state index contributed by atoms with van der Waals surface area (Å²) in [5.74, 6) is -0.813. The first-order chi connectivity index (χ1) is 15.8. The van der Waals surface area contributed by atoms with E-state index in [1.54, 1.807) is 0 Å². The molecule has 2 aliphatic carbocycles. The molecule has 1 aliphatic heterocycles. The predicted molar refractivity (Wildman–Crippen MR) is 121 cm³/mol. The molecule has 2 aromatic rings. The van der Waals surface area contributed by atoms with E-state index >= 15 is 0 Å². The number of aromatic nitrogens is 1. The van der Waals surface area contributed by atoms with E-state index in [9.17, 15) is 13.6 Å². The zero-order valence-corrected chi connectivity index (χ0v) is 19.4. The van der Waals surface area contributed by atoms with Gasteiger partial charge in [-0.3, -0.25) is 4.79 Å². The number of oxazole rings is 1. The van der Waals surface area contributed by atoms with Crippen molar-refractivity contribution in [3.05, 3.63) is 35.2 Å². The number of nitrogens with zero attached hydrogens (tertiary/aromatic N) is 2. The average molecular weight is 460 g/mol. The van der Waals surface area contributed by atoms with Gasteiger partial charge in [0, 0.05) is 42.7 Å². The second-order valence-corrected chi connectivity index (χ2v) is 9.88. The molecule has 1 amide bonds. The number of anilines is 2. The highest BCUT2D eigenvalue weighted by Gasteiger charge is 2.47. The van der Waals surface area contributed by atoms with Crippen LogP contribution in [0, 0.1) is 28.9 Å². The predicted octanol–water partition coefficient (Wildman–Crippen LogP) is 5.57. The molecule has 1 N–H and O–H groups in total. The molecule has 2 heterocycles. The van der Waals surface area contributed by atoms with Crippen molar-refractivity contribution in [2.45, 2.75) is 65.4 Å². The third-order valence-corrected chi connectivity index (χ3v) is 7.79. The Bertz CT molecular complexity index is 1020. The van der Waals surface area contributed by atoms with Crippen LogP contribution in [0.5, 0.6) is 5.75 Å². The highest BCUT2D eigenvalue weighted by Crippen LogP contribution is 2.52. The Balaban J connectivity index is 1.28. The van der Waals surface area contributed by atoms with E-state index in [1.165, 1.54) is 6.42 Å². The Morgan fingerprint density at radius 1 is 1.15 bits per heavy atom. The van der Waals surface area contributed by atoms with Crippen molar-refractivity contribution >= 4 is 17.6 Å². The lowest BCUT2D eigenvalue weighted by Gasteiger charge is -2.48. The monoisotopic (exact) mass is 459 g/mol. The zero-order chi connectivity index (χ0) is 23.3. The largest absolute Gasteiger partial charge is 0.484 e. The van der Waals surface area contributed by atoms with Gasteiger partial charge in [-0.25, -0.2) is 8.78 Å². The van der Waals surface area contributed by atoms with Gasteiger partial charge in [-0.15, -0.1) is 0 Å². The van der Waals surface area contributed by atoms with Crippen LogP contribution in [0.3, 0.4) is 0 Å². The second-order valence-electron chi connectivity index (χ2n) is 9.88. The highest BCUT2D eigenvalue weighted by molar-refractivity contribution is 6.03. The molecule has 3 aliphatic rings. The minimum atomic E-state index is -0.821. The number of carbonyl (C=O) groups excluding carboxylic acids is 1. The molecule has 2 unspecified atom stereocenters. The number of hydrogen-bond donors (Lipinski definition) is 1. The van der Waals surface area contributed by atoms with Crippen LogP contribution < -0.4 is 15.0 Å². The van der Waals surface area contributed by atoms with Gasteiger partial charge in [-0.2, -0.15) is 4.98 Å². The van der Waals surface area contributed by atoms with Crippen LogP contribution in [-0.4, -0.2) is 30.1 Å². The summed E-state index contributed by atoms with van der Waals surface area (Å²) in [6.07, 6.45) is 5.40. The maximum atomic E-state index is 14.6. The van der Waals surface area contributed by atoms with Crippen molar-refractivity contribution in [1.29, 1.82) is 0 Å². The SMILES string of the molecule is CCc1oc(N2CC(CC)(CC)C2)nc1C(=O)Nc1cc(F)c(OC2CC3C[C@H]3C2)c(F)c1. The number of fused-ring (bicyclic) bond motifs is 1. The average Bonchev–Trinajstić information content (AvgIpc) is 3.18. The minimum absolute atomic E-state index is 0.0168. The molecule has 6 nitrogen and oxygen atoms in total. The lowest BCUT2D eigenvalue weighted by molar-refractivity contribution is 0.102. The number of carbonyl (C=O) groups is 1. The van der Waals surface area contributed by atoms with Gasteiger partial charge in [0.05, 0.1) is 6.10 Å². The van der Waals surface area contributed by atoms with Crippen molar-refractivity contribution in [3.8, 4) is 5.75 Å². The number of nitrogens with one attached hydrogen (secondary N) is 1. The Labute approximate surface area is 192 Å². The van der Waals surface area contributed by atoms with Crippen molar-refractivity contribution in [2.24, 2.45) is 17.3 Å². The van der Waals surface area contributed by atoms with Crippen LogP contribution in [0.25, 0.3) is 0 Å². The first kappa shape index (κ1) is 22.2. The molecule has 3 fully saturated rings. The molecular formula is C25H31F2N3O3. The lowest BCUT2D eigenvalue weighted by atomic mass is 9.75. The van der Waals surface area contributed by atoms with Crippen molar-refractivity contribution in [3.63, 3.8) is 0 Å². The summed E-state index contributed by atoms with van der Waals surface area (Å²) < 4.78 is 40.7. The molecule has 178 valence electrons. The maximum absolute atomic E-state index is 14.6. The van der Waals surface area contributed by atoms with Crippen molar-refractivity contribution in [1.82, 2.24) is 4.98 Å². The first-order valence-electron chi connectivity index (χ1n) is 12.1. The van der Waals surface area contributed by atoms with Crippen LogP contribution in [0.4, 0.5) is 20.5 Å². The second kappa shape index (κ2) is 8.29. The fourth-order valence-corrected chi connectivity index (χ4v) is 5.34. The lowest BCUT2D eigenvalue weighted by Crippen LogP contribution is -2.56. The molecule has 0 radical (unpaired) electrons. The van der Waals surface area contributed by atoms with Gasteiger partial charge >= 0.3 is 0 Å². The summed E-state index contributed by atoms with van der Waals surface area (Å²) in [6, 6.07) is 2.60. The quantitative estimate of drug-likeness (QED) is 0.559. The molecule has 3 atom stereocenters. The molecule has 2 saturated carbocycles. The van der Waals surface area contributed by atoms with Gasteiger partial charge in [0.2, 0.25) is 0 Å². The number of halogens is 2. The van der Waals surface area contributed by atoms with Gasteiger partial charge in [-0.05, 0) is 43.9 Å².